The Morgan fingerprint density at radius 2 is 2.18 bits per heavy atom. The zero-order valence-corrected chi connectivity index (χ0v) is 10.8. The highest BCUT2D eigenvalue weighted by molar-refractivity contribution is 5.50. The summed E-state index contributed by atoms with van der Waals surface area (Å²) in [6.07, 6.45) is 2.37. The van der Waals surface area contributed by atoms with Gasteiger partial charge in [0.2, 0.25) is 0 Å². The van der Waals surface area contributed by atoms with E-state index in [4.69, 9.17) is 0 Å². The molecular formula is C14H21FN2. The van der Waals surface area contributed by atoms with E-state index in [-0.39, 0.29) is 11.9 Å². The molecule has 0 aromatic heterocycles. The standard InChI is InChI=1S/C14H21FN2/c1-4-16-10(2)11-5-8-14(13(15)9-11)17(3)12-6-7-12/h5,8-10,12,16H,4,6-7H2,1-3H3. The molecule has 1 atom stereocenters. The zero-order chi connectivity index (χ0) is 12.4. The Balaban J connectivity index is 2.15. The van der Waals surface area contributed by atoms with E-state index in [1.54, 1.807) is 6.07 Å². The van der Waals surface area contributed by atoms with Gasteiger partial charge in [0, 0.05) is 19.1 Å². The molecule has 0 radical (unpaired) electrons. The number of halogens is 1. The third kappa shape index (κ3) is 2.78. The zero-order valence-electron chi connectivity index (χ0n) is 10.8. The van der Waals surface area contributed by atoms with Crippen molar-refractivity contribution in [1.82, 2.24) is 5.32 Å². The molecule has 1 aromatic rings. The second-order valence-corrected chi connectivity index (χ2v) is 4.83. The molecule has 1 aliphatic rings. The summed E-state index contributed by atoms with van der Waals surface area (Å²) in [4.78, 5) is 2.05. The Hall–Kier alpha value is -1.09. The lowest BCUT2D eigenvalue weighted by Crippen LogP contribution is -2.21. The van der Waals surface area contributed by atoms with Gasteiger partial charge in [-0.2, -0.15) is 0 Å². The maximum atomic E-state index is 14.0. The molecule has 2 nitrogen and oxygen atoms in total. The van der Waals surface area contributed by atoms with E-state index < -0.39 is 0 Å². The predicted octanol–water partition coefficient (Wildman–Crippen LogP) is 3.09. The summed E-state index contributed by atoms with van der Waals surface area (Å²) < 4.78 is 14.0. The number of nitrogens with one attached hydrogen (secondary N) is 1. The number of nitrogens with zero attached hydrogens (tertiary/aromatic N) is 1. The average Bonchev–Trinajstić information content (AvgIpc) is 3.12. The highest BCUT2D eigenvalue weighted by Gasteiger charge is 2.27. The Morgan fingerprint density at radius 3 is 2.71 bits per heavy atom. The molecular weight excluding hydrogens is 215 g/mol. The van der Waals surface area contributed by atoms with Gasteiger partial charge < -0.3 is 10.2 Å². The Bertz CT molecular complexity index is 388. The van der Waals surface area contributed by atoms with Gasteiger partial charge in [-0.05, 0) is 44.0 Å². The van der Waals surface area contributed by atoms with Crippen molar-refractivity contribution in [2.24, 2.45) is 0 Å². The van der Waals surface area contributed by atoms with Crippen LogP contribution in [0.2, 0.25) is 0 Å². The largest absolute Gasteiger partial charge is 0.369 e. The monoisotopic (exact) mass is 236 g/mol. The topological polar surface area (TPSA) is 15.3 Å². The first-order valence-electron chi connectivity index (χ1n) is 6.39. The fourth-order valence-electron chi connectivity index (χ4n) is 2.16. The summed E-state index contributed by atoms with van der Waals surface area (Å²) in [6.45, 7) is 5.01. The molecule has 0 heterocycles. The van der Waals surface area contributed by atoms with E-state index in [9.17, 15) is 4.39 Å². The molecule has 94 valence electrons. The van der Waals surface area contributed by atoms with Gasteiger partial charge >= 0.3 is 0 Å². The summed E-state index contributed by atoms with van der Waals surface area (Å²) >= 11 is 0. The average molecular weight is 236 g/mol. The van der Waals surface area contributed by atoms with Gasteiger partial charge in [0.05, 0.1) is 5.69 Å². The first-order chi connectivity index (χ1) is 8.13. The quantitative estimate of drug-likeness (QED) is 0.845. The van der Waals surface area contributed by atoms with Gasteiger partial charge in [0.25, 0.3) is 0 Å². The predicted molar refractivity (Wildman–Crippen MR) is 69.9 cm³/mol. The van der Waals surface area contributed by atoms with E-state index >= 15 is 0 Å². The maximum absolute atomic E-state index is 14.0. The van der Waals surface area contributed by atoms with Gasteiger partial charge in [-0.15, -0.1) is 0 Å². The van der Waals surface area contributed by atoms with E-state index in [0.717, 1.165) is 17.8 Å². The van der Waals surface area contributed by atoms with Gasteiger partial charge in [-0.1, -0.05) is 13.0 Å². The minimum atomic E-state index is -0.110. The second-order valence-electron chi connectivity index (χ2n) is 4.83. The first-order valence-corrected chi connectivity index (χ1v) is 6.39. The number of hydrogen-bond donors (Lipinski definition) is 1. The van der Waals surface area contributed by atoms with Crippen LogP contribution in [0.3, 0.4) is 0 Å². The normalized spacial score (nSPS) is 16.9. The summed E-state index contributed by atoms with van der Waals surface area (Å²) in [7, 11) is 1.98. The van der Waals surface area contributed by atoms with Crippen LogP contribution in [0.4, 0.5) is 10.1 Å². The molecule has 17 heavy (non-hydrogen) atoms. The summed E-state index contributed by atoms with van der Waals surface area (Å²) in [5.74, 6) is -0.110. The molecule has 0 amide bonds. The minimum Gasteiger partial charge on any atom is -0.369 e. The molecule has 2 rings (SSSR count). The van der Waals surface area contributed by atoms with Crippen LogP contribution in [0, 0.1) is 5.82 Å². The number of benzene rings is 1. The molecule has 1 aliphatic carbocycles. The third-order valence-electron chi connectivity index (χ3n) is 3.46. The fraction of sp³-hybridized carbons (Fsp3) is 0.571. The molecule has 1 unspecified atom stereocenters. The number of rotatable bonds is 5. The van der Waals surface area contributed by atoms with Crippen LogP contribution in [0.1, 0.15) is 38.3 Å². The summed E-state index contributed by atoms with van der Waals surface area (Å²) in [5, 5.41) is 3.29. The molecule has 0 spiro atoms. The highest BCUT2D eigenvalue weighted by Crippen LogP contribution is 2.32. The lowest BCUT2D eigenvalue weighted by atomic mass is 10.1. The van der Waals surface area contributed by atoms with Gasteiger partial charge in [0.15, 0.2) is 0 Å². The van der Waals surface area contributed by atoms with Crippen molar-refractivity contribution in [3.63, 3.8) is 0 Å². The maximum Gasteiger partial charge on any atom is 0.146 e. The Kier molecular flexibility index (Phi) is 3.67. The smallest absolute Gasteiger partial charge is 0.146 e. The van der Waals surface area contributed by atoms with Crippen LogP contribution >= 0.6 is 0 Å². The SMILES string of the molecule is CCNC(C)c1ccc(N(C)C2CC2)c(F)c1. The van der Waals surface area contributed by atoms with Crippen LogP contribution in [0.15, 0.2) is 18.2 Å². The highest BCUT2D eigenvalue weighted by atomic mass is 19.1. The van der Waals surface area contributed by atoms with E-state index in [2.05, 4.69) is 24.1 Å². The molecule has 0 saturated heterocycles. The second kappa shape index (κ2) is 5.05. The minimum absolute atomic E-state index is 0.110. The number of hydrogen-bond acceptors (Lipinski definition) is 2. The van der Waals surface area contributed by atoms with Crippen molar-refractivity contribution in [3.05, 3.63) is 29.6 Å². The summed E-state index contributed by atoms with van der Waals surface area (Å²) in [5.41, 5.74) is 1.73. The Labute approximate surface area is 103 Å². The van der Waals surface area contributed by atoms with Crippen molar-refractivity contribution in [1.29, 1.82) is 0 Å². The van der Waals surface area contributed by atoms with E-state index in [1.165, 1.54) is 12.8 Å². The van der Waals surface area contributed by atoms with Gasteiger partial charge in [0.1, 0.15) is 5.82 Å². The molecule has 1 saturated carbocycles. The molecule has 1 fully saturated rings. The van der Waals surface area contributed by atoms with Crippen molar-refractivity contribution in [2.75, 3.05) is 18.5 Å². The Morgan fingerprint density at radius 1 is 1.47 bits per heavy atom. The van der Waals surface area contributed by atoms with Gasteiger partial charge in [-0.25, -0.2) is 4.39 Å². The molecule has 3 heteroatoms. The van der Waals surface area contributed by atoms with Crippen molar-refractivity contribution in [3.8, 4) is 0 Å². The fourth-order valence-corrected chi connectivity index (χ4v) is 2.16. The van der Waals surface area contributed by atoms with Crippen LogP contribution in [0.25, 0.3) is 0 Å². The van der Waals surface area contributed by atoms with Gasteiger partial charge in [-0.3, -0.25) is 0 Å². The number of anilines is 1. The van der Waals surface area contributed by atoms with Crippen LogP contribution in [0.5, 0.6) is 0 Å². The molecule has 1 N–H and O–H groups in total. The molecule has 1 aromatic carbocycles. The lowest BCUT2D eigenvalue weighted by molar-refractivity contribution is 0.581. The van der Waals surface area contributed by atoms with Crippen LogP contribution < -0.4 is 10.2 Å². The van der Waals surface area contributed by atoms with E-state index in [0.29, 0.717) is 6.04 Å². The first kappa shape index (κ1) is 12.4. The lowest BCUT2D eigenvalue weighted by Gasteiger charge is -2.21. The van der Waals surface area contributed by atoms with Crippen LogP contribution in [-0.4, -0.2) is 19.6 Å². The van der Waals surface area contributed by atoms with Crippen molar-refractivity contribution >= 4 is 5.69 Å². The van der Waals surface area contributed by atoms with E-state index in [1.807, 2.05) is 19.2 Å². The summed E-state index contributed by atoms with van der Waals surface area (Å²) in [6, 6.07) is 6.32. The molecule has 0 bridgehead atoms. The van der Waals surface area contributed by atoms with Crippen LogP contribution in [-0.2, 0) is 0 Å². The van der Waals surface area contributed by atoms with Crippen molar-refractivity contribution < 1.29 is 4.39 Å². The van der Waals surface area contributed by atoms with Crippen molar-refractivity contribution in [2.45, 2.75) is 38.8 Å². The molecule has 0 aliphatic heterocycles. The third-order valence-corrected chi connectivity index (χ3v) is 3.46.